The molecule has 2 heterocycles. The number of hydrogen-bond acceptors (Lipinski definition) is 8. The molecule has 2 rings (SSSR count). The third kappa shape index (κ3) is 10.1. The van der Waals surface area contributed by atoms with Crippen LogP contribution in [0, 0.1) is 13.8 Å². The van der Waals surface area contributed by atoms with Gasteiger partial charge in [0.1, 0.15) is 17.7 Å². The van der Waals surface area contributed by atoms with Gasteiger partial charge >= 0.3 is 5.97 Å². The molecule has 0 saturated carbocycles. The quantitative estimate of drug-likeness (QED) is 0.226. The molecule has 0 fully saturated rings. The van der Waals surface area contributed by atoms with E-state index in [0.29, 0.717) is 24.6 Å². The van der Waals surface area contributed by atoms with E-state index >= 15 is 0 Å². The number of carbonyl (C=O) groups is 1. The molecule has 0 amide bonds. The molecule has 0 radical (unpaired) electrons. The topological polar surface area (TPSA) is 139 Å². The molecule has 28 heavy (non-hydrogen) atoms. The fraction of sp³-hybridized carbons (Fsp3) is 0.467. The fourth-order valence-corrected chi connectivity index (χ4v) is 2.99. The molecule has 1 unspecified atom stereocenters. The second kappa shape index (κ2) is 16.0. The minimum atomic E-state index is -1.00. The highest BCUT2D eigenvalue weighted by molar-refractivity contribution is 7.80. The summed E-state index contributed by atoms with van der Waals surface area (Å²) in [6, 6.07) is -0.816. The van der Waals surface area contributed by atoms with Crippen LogP contribution in [0.3, 0.4) is 0 Å². The highest BCUT2D eigenvalue weighted by Crippen LogP contribution is 2.13. The Morgan fingerprint density at radius 3 is 2.43 bits per heavy atom. The molecular formula is C15H26Cl3N5O3S2. The monoisotopic (exact) mass is 493 g/mol. The predicted octanol–water partition coefficient (Wildman–Crippen LogP) is -2.22. The van der Waals surface area contributed by atoms with Gasteiger partial charge in [-0.25, -0.2) is 9.97 Å². The Kier molecular flexibility index (Phi) is 18.1. The van der Waals surface area contributed by atoms with Crippen LogP contribution in [0.2, 0.25) is 0 Å². The van der Waals surface area contributed by atoms with Crippen LogP contribution in [0.4, 0.5) is 5.82 Å². The molecule has 0 aliphatic rings. The summed E-state index contributed by atoms with van der Waals surface area (Å²) in [7, 11) is 0. The first kappa shape index (κ1) is 31.8. The summed E-state index contributed by atoms with van der Waals surface area (Å²) < 4.78 is 2.11. The zero-order valence-corrected chi connectivity index (χ0v) is 19.5. The predicted molar refractivity (Wildman–Crippen MR) is 114 cm³/mol. The molecule has 0 bridgehead atoms. The van der Waals surface area contributed by atoms with E-state index in [9.17, 15) is 4.79 Å². The average molecular weight is 495 g/mol. The molecule has 2 aromatic rings. The third-order valence-electron chi connectivity index (χ3n) is 3.37. The first-order valence-corrected chi connectivity index (χ1v) is 9.05. The summed E-state index contributed by atoms with van der Waals surface area (Å²) in [5.74, 6) is 0.401. The Labute approximate surface area is 192 Å². The molecule has 0 aliphatic heterocycles. The van der Waals surface area contributed by atoms with Crippen LogP contribution in [-0.2, 0) is 17.8 Å². The van der Waals surface area contributed by atoms with Crippen LogP contribution < -0.4 is 28.4 Å². The van der Waals surface area contributed by atoms with E-state index in [1.54, 1.807) is 17.5 Å². The summed E-state index contributed by atoms with van der Waals surface area (Å²) >= 11 is 5.30. The normalized spacial score (nSPS) is 10.3. The van der Waals surface area contributed by atoms with Crippen molar-refractivity contribution in [1.29, 1.82) is 0 Å². The maximum absolute atomic E-state index is 9.76. The molecule has 13 heteroatoms. The van der Waals surface area contributed by atoms with Crippen LogP contribution in [0.25, 0.3) is 0 Å². The molecule has 1 atom stereocenters. The summed E-state index contributed by atoms with van der Waals surface area (Å²) in [5, 5.41) is 17.0. The number of carboxylic acids is 1. The number of nitrogen functional groups attached to an aromatic ring is 1. The SMILES string of the molecule is Cc1ncc(C[n+]2csc(CCO)c2C)c(N)n1.Cl.Cl.NC(CS)C(=O)O.[Cl-]. The number of aliphatic carboxylic acids is 1. The highest BCUT2D eigenvalue weighted by Gasteiger charge is 2.17. The lowest BCUT2D eigenvalue weighted by atomic mass is 10.2. The summed E-state index contributed by atoms with van der Waals surface area (Å²) in [6.07, 6.45) is 2.47. The minimum Gasteiger partial charge on any atom is -1.00 e. The lowest BCUT2D eigenvalue weighted by Crippen LogP contribution is -3.00. The van der Waals surface area contributed by atoms with E-state index in [-0.39, 0.29) is 49.6 Å². The van der Waals surface area contributed by atoms with Crippen molar-refractivity contribution in [2.75, 3.05) is 18.1 Å². The number of thiazole rings is 1. The molecule has 0 aliphatic carbocycles. The standard InChI is InChI=1S/C12H17N4OS.C3H7NO2S.3ClH/c1-8-11(3-4-17)18-7-16(8)6-10-5-14-9(2)15-12(10)13;4-2(1-7)3(5)6;;;/h5,7,17H,3-4,6H2,1-2H3,(H2,13,14,15);2,7H,1,4H2,(H,5,6);3*1H/q+1;;;;/p-1. The summed E-state index contributed by atoms with van der Waals surface area (Å²) in [6.45, 7) is 4.71. The van der Waals surface area contributed by atoms with Gasteiger partial charge in [-0.1, -0.05) is 11.3 Å². The number of rotatable bonds is 6. The van der Waals surface area contributed by atoms with Crippen molar-refractivity contribution >= 4 is 60.6 Å². The van der Waals surface area contributed by atoms with E-state index in [1.165, 1.54) is 4.88 Å². The number of halogens is 3. The lowest BCUT2D eigenvalue weighted by molar-refractivity contribution is -0.689. The Hall–Kier alpha value is -0.880. The molecule has 0 saturated heterocycles. The highest BCUT2D eigenvalue weighted by atomic mass is 35.5. The van der Waals surface area contributed by atoms with Crippen molar-refractivity contribution in [3.05, 3.63) is 33.7 Å². The van der Waals surface area contributed by atoms with Gasteiger partial charge in [-0.05, 0) is 6.92 Å². The van der Waals surface area contributed by atoms with Crippen molar-refractivity contribution in [3.8, 4) is 0 Å². The van der Waals surface area contributed by atoms with Crippen LogP contribution >= 0.6 is 48.8 Å². The number of carboxylic acid groups (broad SMARTS) is 1. The van der Waals surface area contributed by atoms with Gasteiger partial charge in [-0.2, -0.15) is 17.2 Å². The van der Waals surface area contributed by atoms with E-state index in [0.717, 1.165) is 11.3 Å². The van der Waals surface area contributed by atoms with E-state index in [1.807, 2.05) is 19.4 Å². The molecule has 0 aromatic carbocycles. The molecule has 2 aromatic heterocycles. The Morgan fingerprint density at radius 1 is 1.39 bits per heavy atom. The number of aryl methyl sites for hydroxylation is 1. The van der Waals surface area contributed by atoms with Crippen LogP contribution in [0.1, 0.15) is 22.0 Å². The minimum absolute atomic E-state index is 0. The molecular weight excluding hydrogens is 469 g/mol. The van der Waals surface area contributed by atoms with Gasteiger partial charge in [0.15, 0.2) is 12.2 Å². The van der Waals surface area contributed by atoms with Crippen LogP contribution in [-0.4, -0.2) is 44.6 Å². The summed E-state index contributed by atoms with van der Waals surface area (Å²) in [5.41, 5.74) is 14.9. The van der Waals surface area contributed by atoms with E-state index in [4.69, 9.17) is 21.7 Å². The van der Waals surface area contributed by atoms with Crippen molar-refractivity contribution < 1.29 is 32.0 Å². The number of anilines is 1. The summed E-state index contributed by atoms with van der Waals surface area (Å²) in [4.78, 5) is 19.3. The Balaban J connectivity index is -0.000000546. The molecule has 6 N–H and O–H groups in total. The lowest BCUT2D eigenvalue weighted by Gasteiger charge is -2.01. The zero-order valence-electron chi connectivity index (χ0n) is 15.4. The first-order chi connectivity index (χ1) is 11.8. The number of hydrogen-bond donors (Lipinski definition) is 5. The number of aliphatic hydroxyl groups is 1. The zero-order chi connectivity index (χ0) is 19.0. The smallest absolute Gasteiger partial charge is 0.321 e. The van der Waals surface area contributed by atoms with Crippen molar-refractivity contribution in [3.63, 3.8) is 0 Å². The van der Waals surface area contributed by atoms with E-state index < -0.39 is 12.0 Å². The van der Waals surface area contributed by atoms with Gasteiger partial charge in [0.25, 0.3) is 0 Å². The van der Waals surface area contributed by atoms with Crippen molar-refractivity contribution in [2.24, 2.45) is 5.73 Å². The number of aliphatic hydroxyl groups excluding tert-OH is 1. The number of nitrogens with two attached hydrogens (primary N) is 2. The van der Waals surface area contributed by atoms with E-state index in [2.05, 4.69) is 27.2 Å². The number of nitrogens with zero attached hydrogens (tertiary/aromatic N) is 3. The second-order valence-electron chi connectivity index (χ2n) is 5.29. The largest absolute Gasteiger partial charge is 1.00 e. The maximum atomic E-state index is 9.76. The van der Waals surface area contributed by atoms with Gasteiger partial charge in [-0.3, -0.25) is 4.79 Å². The van der Waals surface area contributed by atoms with Gasteiger partial charge in [0, 0.05) is 31.9 Å². The third-order valence-corrected chi connectivity index (χ3v) is 4.91. The number of aromatic nitrogens is 3. The van der Waals surface area contributed by atoms with Crippen LogP contribution in [0.15, 0.2) is 11.7 Å². The van der Waals surface area contributed by atoms with Crippen molar-refractivity contribution in [1.82, 2.24) is 9.97 Å². The molecule has 162 valence electrons. The van der Waals surface area contributed by atoms with Gasteiger partial charge in [0.2, 0.25) is 5.51 Å². The van der Waals surface area contributed by atoms with Crippen LogP contribution in [0.5, 0.6) is 0 Å². The molecule has 8 nitrogen and oxygen atoms in total. The first-order valence-electron chi connectivity index (χ1n) is 7.54. The van der Waals surface area contributed by atoms with Gasteiger partial charge < -0.3 is 34.1 Å². The Bertz CT molecular complexity index is 722. The molecule has 0 spiro atoms. The average Bonchev–Trinajstić information content (AvgIpc) is 2.91. The maximum Gasteiger partial charge on any atom is 0.321 e. The van der Waals surface area contributed by atoms with Gasteiger partial charge in [0.05, 0.1) is 10.4 Å². The Morgan fingerprint density at radius 2 is 2.00 bits per heavy atom. The van der Waals surface area contributed by atoms with Gasteiger partial charge in [-0.15, -0.1) is 24.8 Å². The number of thiol groups is 1. The fourth-order valence-electron chi connectivity index (χ4n) is 1.84. The second-order valence-corrected chi connectivity index (χ2v) is 6.59. The van der Waals surface area contributed by atoms with Crippen molar-refractivity contribution in [2.45, 2.75) is 32.9 Å².